The van der Waals surface area contributed by atoms with E-state index in [2.05, 4.69) is 38.8 Å². The van der Waals surface area contributed by atoms with Crippen LogP contribution in [0.1, 0.15) is 59.3 Å². The molecule has 0 aromatic rings. The fourth-order valence-corrected chi connectivity index (χ4v) is 4.55. The van der Waals surface area contributed by atoms with Gasteiger partial charge in [0.25, 0.3) is 0 Å². The van der Waals surface area contributed by atoms with Crippen molar-refractivity contribution in [1.82, 2.24) is 4.90 Å². The summed E-state index contributed by atoms with van der Waals surface area (Å²) in [6.45, 7) is 8.45. The first-order valence-corrected chi connectivity index (χ1v) is 11.4. The number of hydrogen-bond acceptors (Lipinski definition) is 6. The summed E-state index contributed by atoms with van der Waals surface area (Å²) in [6, 6.07) is 0. The van der Waals surface area contributed by atoms with E-state index in [1.54, 1.807) is 0 Å². The fraction of sp³-hybridized carbons (Fsp3) is 0.708. The number of carbonyl (C=O) groups is 3. The van der Waals surface area contributed by atoms with Gasteiger partial charge in [0, 0.05) is 24.6 Å². The topological polar surface area (TPSA) is 117 Å². The molecule has 1 aliphatic carbocycles. The minimum absolute atomic E-state index is 0.00228. The number of ether oxygens (including phenoxy) is 2. The molecule has 2 heterocycles. The molecular weight excluding hydrogens is 414 g/mol. The first-order chi connectivity index (χ1) is 15.1. The SMILES string of the molecule is CCCCN(C)C[C@@H]1C(=O)O[C@H]2[C@H]1CC/C(C)=C/CC[C@@]1(C)O[C@@H]21.O=C(O)/C=C/C(=O)O. The van der Waals surface area contributed by atoms with E-state index in [0.717, 1.165) is 38.8 Å². The lowest BCUT2D eigenvalue weighted by molar-refractivity contribution is -0.145. The normalized spacial score (nSPS) is 33.3. The number of nitrogens with zero attached hydrogens (tertiary/aromatic N) is 1. The molecule has 5 atom stereocenters. The number of carbonyl (C=O) groups excluding carboxylic acids is 1. The highest BCUT2D eigenvalue weighted by Gasteiger charge is 2.62. The Labute approximate surface area is 190 Å². The lowest BCUT2D eigenvalue weighted by Gasteiger charge is -2.25. The first-order valence-electron chi connectivity index (χ1n) is 11.4. The lowest BCUT2D eigenvalue weighted by Crippen LogP contribution is -2.35. The van der Waals surface area contributed by atoms with Gasteiger partial charge in [0.15, 0.2) is 0 Å². The Kier molecular flexibility index (Phi) is 9.46. The van der Waals surface area contributed by atoms with Gasteiger partial charge in [-0.15, -0.1) is 0 Å². The van der Waals surface area contributed by atoms with Crippen LogP contribution in [0.3, 0.4) is 0 Å². The van der Waals surface area contributed by atoms with Crippen LogP contribution in [0.4, 0.5) is 0 Å². The molecule has 0 bridgehead atoms. The molecule has 0 radical (unpaired) electrons. The number of rotatable bonds is 7. The minimum atomic E-state index is -1.26. The van der Waals surface area contributed by atoms with Crippen LogP contribution in [0.5, 0.6) is 0 Å². The Bertz CT molecular complexity index is 731. The molecule has 0 amide bonds. The summed E-state index contributed by atoms with van der Waals surface area (Å²) in [4.78, 5) is 34.0. The number of esters is 1. The molecule has 8 heteroatoms. The summed E-state index contributed by atoms with van der Waals surface area (Å²) < 4.78 is 11.9. The van der Waals surface area contributed by atoms with E-state index >= 15 is 0 Å². The van der Waals surface area contributed by atoms with Crippen molar-refractivity contribution in [2.75, 3.05) is 20.1 Å². The summed E-state index contributed by atoms with van der Waals surface area (Å²) in [7, 11) is 2.12. The highest BCUT2D eigenvalue weighted by Crippen LogP contribution is 2.50. The van der Waals surface area contributed by atoms with Crippen LogP contribution in [-0.2, 0) is 23.9 Å². The van der Waals surface area contributed by atoms with Crippen molar-refractivity contribution in [2.24, 2.45) is 11.8 Å². The second-order valence-electron chi connectivity index (χ2n) is 9.28. The zero-order valence-electron chi connectivity index (χ0n) is 19.6. The van der Waals surface area contributed by atoms with Crippen LogP contribution in [0, 0.1) is 11.8 Å². The molecule has 0 unspecified atom stereocenters. The first kappa shape index (κ1) is 26.1. The molecule has 0 aromatic carbocycles. The summed E-state index contributed by atoms with van der Waals surface area (Å²) in [5.41, 5.74) is 1.34. The summed E-state index contributed by atoms with van der Waals surface area (Å²) >= 11 is 0. The van der Waals surface area contributed by atoms with Gasteiger partial charge in [0.1, 0.15) is 12.2 Å². The van der Waals surface area contributed by atoms with Gasteiger partial charge in [-0.05, 0) is 59.5 Å². The molecule has 180 valence electrons. The molecule has 32 heavy (non-hydrogen) atoms. The van der Waals surface area contributed by atoms with Crippen molar-refractivity contribution < 1.29 is 34.1 Å². The number of hydrogen-bond donors (Lipinski definition) is 2. The number of carboxylic acid groups (broad SMARTS) is 2. The number of unbranched alkanes of at least 4 members (excludes halogenated alkanes) is 1. The maximum absolute atomic E-state index is 12.6. The number of fused-ring (bicyclic) bond motifs is 3. The zero-order chi connectivity index (χ0) is 23.9. The second-order valence-corrected chi connectivity index (χ2v) is 9.28. The highest BCUT2D eigenvalue weighted by molar-refractivity contribution is 5.89. The molecule has 0 saturated carbocycles. The van der Waals surface area contributed by atoms with Crippen molar-refractivity contribution in [3.63, 3.8) is 0 Å². The smallest absolute Gasteiger partial charge is 0.328 e. The maximum Gasteiger partial charge on any atom is 0.328 e. The standard InChI is InChI=1S/C20H33NO3.C4H4O4/c1-5-6-12-21(4)13-16-15-10-9-14(2)8-7-11-20(3)18(24-20)17(15)23-19(16)22;5-3(6)1-2-4(7)8/h8,15-18H,5-7,9-13H2,1-4H3;1-2H,(H,5,6)(H,7,8)/b14-8+;2-1+/t15-,16-,17-,18-,20+;/m0./s1. The van der Waals surface area contributed by atoms with Gasteiger partial charge in [-0.3, -0.25) is 4.79 Å². The van der Waals surface area contributed by atoms with Gasteiger partial charge in [0.05, 0.1) is 11.5 Å². The molecule has 8 nitrogen and oxygen atoms in total. The van der Waals surface area contributed by atoms with Crippen LogP contribution >= 0.6 is 0 Å². The average Bonchev–Trinajstić information content (AvgIpc) is 3.29. The van der Waals surface area contributed by atoms with E-state index in [1.165, 1.54) is 18.4 Å². The van der Waals surface area contributed by atoms with Crippen molar-refractivity contribution in [2.45, 2.75) is 77.1 Å². The van der Waals surface area contributed by atoms with Gasteiger partial charge < -0.3 is 24.6 Å². The summed E-state index contributed by atoms with van der Waals surface area (Å²) in [5, 5.41) is 15.6. The maximum atomic E-state index is 12.6. The molecular formula is C24H37NO7. The predicted octanol–water partition coefficient (Wildman–Crippen LogP) is 3.27. The molecule has 3 aliphatic rings. The van der Waals surface area contributed by atoms with E-state index in [1.807, 2.05) is 0 Å². The van der Waals surface area contributed by atoms with Crippen LogP contribution in [-0.4, -0.2) is 71.0 Å². The predicted molar refractivity (Wildman–Crippen MR) is 119 cm³/mol. The Morgan fingerprint density at radius 2 is 1.94 bits per heavy atom. The van der Waals surface area contributed by atoms with Gasteiger partial charge in [0.2, 0.25) is 0 Å². The number of epoxide rings is 1. The fourth-order valence-electron chi connectivity index (χ4n) is 4.55. The number of allylic oxidation sites excluding steroid dienone is 2. The van der Waals surface area contributed by atoms with Crippen molar-refractivity contribution in [3.05, 3.63) is 23.8 Å². The van der Waals surface area contributed by atoms with Crippen molar-refractivity contribution in [1.29, 1.82) is 0 Å². The van der Waals surface area contributed by atoms with Gasteiger partial charge in [-0.25, -0.2) is 9.59 Å². The Hall–Kier alpha value is -2.19. The Balaban J connectivity index is 0.000000390. The van der Waals surface area contributed by atoms with Gasteiger partial charge in [-0.1, -0.05) is 25.0 Å². The highest BCUT2D eigenvalue weighted by atomic mass is 16.6. The Morgan fingerprint density at radius 3 is 2.53 bits per heavy atom. The number of aliphatic carboxylic acids is 2. The quantitative estimate of drug-likeness (QED) is 0.262. The van der Waals surface area contributed by atoms with E-state index in [4.69, 9.17) is 19.7 Å². The van der Waals surface area contributed by atoms with E-state index < -0.39 is 11.9 Å². The molecule has 2 fully saturated rings. The molecule has 0 spiro atoms. The average molecular weight is 452 g/mol. The van der Waals surface area contributed by atoms with E-state index in [0.29, 0.717) is 12.2 Å². The molecule has 0 aromatic heterocycles. The van der Waals surface area contributed by atoms with Gasteiger partial charge in [-0.2, -0.15) is 0 Å². The van der Waals surface area contributed by atoms with Crippen LogP contribution in [0.2, 0.25) is 0 Å². The van der Waals surface area contributed by atoms with Crippen LogP contribution < -0.4 is 0 Å². The second kappa shape index (κ2) is 11.6. The van der Waals surface area contributed by atoms with E-state index in [-0.39, 0.29) is 35.6 Å². The van der Waals surface area contributed by atoms with Crippen molar-refractivity contribution in [3.8, 4) is 0 Å². The minimum Gasteiger partial charge on any atom is -0.478 e. The lowest BCUT2D eigenvalue weighted by atomic mass is 9.80. The third-order valence-electron chi connectivity index (χ3n) is 6.51. The van der Waals surface area contributed by atoms with E-state index in [9.17, 15) is 14.4 Å². The summed E-state index contributed by atoms with van der Waals surface area (Å²) in [6.07, 6.45) is 10.1. The van der Waals surface area contributed by atoms with Crippen molar-refractivity contribution >= 4 is 17.9 Å². The molecule has 2 aliphatic heterocycles. The zero-order valence-corrected chi connectivity index (χ0v) is 19.6. The summed E-state index contributed by atoms with van der Waals surface area (Å²) in [5.74, 6) is -2.24. The third kappa shape index (κ3) is 7.45. The number of carboxylic acids is 2. The van der Waals surface area contributed by atoms with Gasteiger partial charge >= 0.3 is 17.9 Å². The molecule has 3 rings (SSSR count). The van der Waals surface area contributed by atoms with Crippen LogP contribution in [0.15, 0.2) is 23.8 Å². The largest absolute Gasteiger partial charge is 0.478 e. The monoisotopic (exact) mass is 451 g/mol. The van der Waals surface area contributed by atoms with Crippen LogP contribution in [0.25, 0.3) is 0 Å². The third-order valence-corrected chi connectivity index (χ3v) is 6.51. The molecule has 2 saturated heterocycles. The molecule has 2 N–H and O–H groups in total. The Morgan fingerprint density at radius 1 is 1.28 bits per heavy atom.